The second-order valence-electron chi connectivity index (χ2n) is 5.83. The SMILES string of the molecule is CC(C)C(NC(=O)OC(C)(C)C)C(=O)NCCOC(N)=O. The number of nitrogens with two attached hydrogens (primary N) is 1. The smallest absolute Gasteiger partial charge is 0.408 e. The highest BCUT2D eigenvalue weighted by molar-refractivity contribution is 5.85. The molecule has 21 heavy (non-hydrogen) atoms. The molecule has 1 atom stereocenters. The zero-order valence-electron chi connectivity index (χ0n) is 13.2. The van der Waals surface area contributed by atoms with E-state index in [1.54, 1.807) is 34.6 Å². The first-order chi connectivity index (χ1) is 9.53. The van der Waals surface area contributed by atoms with Crippen LogP contribution in [0, 0.1) is 5.92 Å². The summed E-state index contributed by atoms with van der Waals surface area (Å²) in [7, 11) is 0. The van der Waals surface area contributed by atoms with Crippen molar-refractivity contribution in [3.63, 3.8) is 0 Å². The summed E-state index contributed by atoms with van der Waals surface area (Å²) >= 11 is 0. The summed E-state index contributed by atoms with van der Waals surface area (Å²) < 4.78 is 9.60. The van der Waals surface area contributed by atoms with Gasteiger partial charge in [0, 0.05) is 0 Å². The Balaban J connectivity index is 4.37. The van der Waals surface area contributed by atoms with Crippen molar-refractivity contribution in [1.29, 1.82) is 0 Å². The molecule has 0 aliphatic heterocycles. The fraction of sp³-hybridized carbons (Fsp3) is 0.769. The van der Waals surface area contributed by atoms with Crippen molar-refractivity contribution >= 4 is 18.1 Å². The van der Waals surface area contributed by atoms with Crippen LogP contribution in [-0.2, 0) is 14.3 Å². The molecule has 0 saturated heterocycles. The molecule has 4 N–H and O–H groups in total. The minimum Gasteiger partial charge on any atom is -0.448 e. The molecule has 8 heteroatoms. The van der Waals surface area contributed by atoms with Gasteiger partial charge in [-0.15, -0.1) is 0 Å². The van der Waals surface area contributed by atoms with E-state index in [0.717, 1.165) is 0 Å². The molecule has 0 radical (unpaired) electrons. The predicted molar refractivity (Wildman–Crippen MR) is 76.5 cm³/mol. The highest BCUT2D eigenvalue weighted by Crippen LogP contribution is 2.08. The van der Waals surface area contributed by atoms with Crippen LogP contribution in [0.2, 0.25) is 0 Å². The van der Waals surface area contributed by atoms with E-state index < -0.39 is 23.8 Å². The predicted octanol–water partition coefficient (Wildman–Crippen LogP) is 0.747. The summed E-state index contributed by atoms with van der Waals surface area (Å²) in [5.41, 5.74) is 4.15. The third kappa shape index (κ3) is 9.53. The zero-order valence-corrected chi connectivity index (χ0v) is 13.2. The number of alkyl carbamates (subject to hydrolysis) is 1. The Kier molecular flexibility index (Phi) is 7.54. The molecule has 122 valence electrons. The number of carbonyl (C=O) groups is 3. The molecule has 0 rings (SSSR count). The van der Waals surface area contributed by atoms with Gasteiger partial charge in [0.2, 0.25) is 5.91 Å². The lowest BCUT2D eigenvalue weighted by Crippen LogP contribution is -2.51. The molecule has 0 aromatic rings. The van der Waals surface area contributed by atoms with Gasteiger partial charge in [-0.25, -0.2) is 9.59 Å². The van der Waals surface area contributed by atoms with Crippen molar-refractivity contribution in [3.05, 3.63) is 0 Å². The molecule has 0 aromatic heterocycles. The standard InChI is InChI=1S/C13H25N3O5/c1-8(2)9(16-12(19)21-13(3,4)5)10(17)15-6-7-20-11(14)18/h8-9H,6-7H2,1-5H3,(H2,14,18)(H,15,17)(H,16,19). The maximum atomic E-state index is 12.0. The van der Waals surface area contributed by atoms with Gasteiger partial charge in [-0.3, -0.25) is 4.79 Å². The van der Waals surface area contributed by atoms with Crippen LogP contribution in [0.5, 0.6) is 0 Å². The number of ether oxygens (including phenoxy) is 2. The molecule has 0 heterocycles. The van der Waals surface area contributed by atoms with E-state index in [0.29, 0.717) is 0 Å². The largest absolute Gasteiger partial charge is 0.448 e. The first-order valence-corrected chi connectivity index (χ1v) is 6.72. The van der Waals surface area contributed by atoms with Crippen molar-refractivity contribution in [3.8, 4) is 0 Å². The summed E-state index contributed by atoms with van der Waals surface area (Å²) in [6, 6.07) is -0.742. The quantitative estimate of drug-likeness (QED) is 0.625. The topological polar surface area (TPSA) is 120 Å². The lowest BCUT2D eigenvalue weighted by Gasteiger charge is -2.25. The molecule has 3 amide bonds. The monoisotopic (exact) mass is 303 g/mol. The highest BCUT2D eigenvalue weighted by Gasteiger charge is 2.26. The van der Waals surface area contributed by atoms with E-state index in [1.807, 2.05) is 0 Å². The van der Waals surface area contributed by atoms with Crippen LogP contribution < -0.4 is 16.4 Å². The lowest BCUT2D eigenvalue weighted by atomic mass is 10.0. The van der Waals surface area contributed by atoms with Gasteiger partial charge in [-0.05, 0) is 26.7 Å². The molecular formula is C13H25N3O5. The van der Waals surface area contributed by atoms with Crippen molar-refractivity contribution in [2.24, 2.45) is 11.7 Å². The number of amides is 3. The Morgan fingerprint density at radius 3 is 2.19 bits per heavy atom. The van der Waals surface area contributed by atoms with Crippen molar-refractivity contribution in [2.75, 3.05) is 13.2 Å². The summed E-state index contributed by atoms with van der Waals surface area (Å²) in [6.45, 7) is 8.87. The van der Waals surface area contributed by atoms with Gasteiger partial charge >= 0.3 is 12.2 Å². The summed E-state index contributed by atoms with van der Waals surface area (Å²) in [5, 5.41) is 5.06. The minimum absolute atomic E-state index is 0.0294. The fourth-order valence-electron chi connectivity index (χ4n) is 1.41. The van der Waals surface area contributed by atoms with E-state index in [-0.39, 0.29) is 25.0 Å². The van der Waals surface area contributed by atoms with Gasteiger partial charge in [-0.1, -0.05) is 13.8 Å². The van der Waals surface area contributed by atoms with E-state index in [4.69, 9.17) is 10.5 Å². The molecule has 0 aliphatic rings. The maximum Gasteiger partial charge on any atom is 0.408 e. The van der Waals surface area contributed by atoms with Gasteiger partial charge in [0.15, 0.2) is 0 Å². The molecule has 8 nitrogen and oxygen atoms in total. The van der Waals surface area contributed by atoms with E-state index >= 15 is 0 Å². The molecular weight excluding hydrogens is 278 g/mol. The molecule has 1 unspecified atom stereocenters. The fourth-order valence-corrected chi connectivity index (χ4v) is 1.41. The number of primary amides is 1. The van der Waals surface area contributed by atoms with Gasteiger partial charge in [0.25, 0.3) is 0 Å². The summed E-state index contributed by atoms with van der Waals surface area (Å²) in [6.07, 6.45) is -1.57. The number of hydrogen-bond donors (Lipinski definition) is 3. The van der Waals surface area contributed by atoms with Crippen LogP contribution in [0.1, 0.15) is 34.6 Å². The summed E-state index contributed by atoms with van der Waals surface area (Å²) in [5.74, 6) is -0.515. The lowest BCUT2D eigenvalue weighted by molar-refractivity contribution is -0.124. The third-order valence-electron chi connectivity index (χ3n) is 2.27. The molecule has 0 saturated carbocycles. The van der Waals surface area contributed by atoms with Crippen LogP contribution >= 0.6 is 0 Å². The third-order valence-corrected chi connectivity index (χ3v) is 2.27. The van der Waals surface area contributed by atoms with Crippen LogP contribution in [0.25, 0.3) is 0 Å². The molecule has 0 spiro atoms. The van der Waals surface area contributed by atoms with Gasteiger partial charge in [-0.2, -0.15) is 0 Å². The Labute approximate surface area is 124 Å². The van der Waals surface area contributed by atoms with E-state index in [1.165, 1.54) is 0 Å². The molecule has 0 aliphatic carbocycles. The average Bonchev–Trinajstić information content (AvgIpc) is 2.28. The highest BCUT2D eigenvalue weighted by atomic mass is 16.6. The van der Waals surface area contributed by atoms with Crippen molar-refractivity contribution in [1.82, 2.24) is 10.6 Å². The Bertz CT molecular complexity index is 376. The van der Waals surface area contributed by atoms with Gasteiger partial charge in [0.05, 0.1) is 6.54 Å². The first-order valence-electron chi connectivity index (χ1n) is 6.72. The Morgan fingerprint density at radius 1 is 1.19 bits per heavy atom. The molecule has 0 aromatic carbocycles. The van der Waals surface area contributed by atoms with Crippen LogP contribution in [0.4, 0.5) is 9.59 Å². The zero-order chi connectivity index (χ0) is 16.6. The van der Waals surface area contributed by atoms with Gasteiger partial charge in [0.1, 0.15) is 18.2 Å². The van der Waals surface area contributed by atoms with Crippen molar-refractivity contribution < 1.29 is 23.9 Å². The van der Waals surface area contributed by atoms with E-state index in [2.05, 4.69) is 15.4 Å². The number of nitrogens with one attached hydrogen (secondary N) is 2. The Hall–Kier alpha value is -1.99. The number of hydrogen-bond acceptors (Lipinski definition) is 5. The first kappa shape index (κ1) is 19.0. The second-order valence-corrected chi connectivity index (χ2v) is 5.83. The normalized spacial score (nSPS) is 12.5. The van der Waals surface area contributed by atoms with Crippen LogP contribution in [0.3, 0.4) is 0 Å². The Morgan fingerprint density at radius 2 is 1.76 bits per heavy atom. The van der Waals surface area contributed by atoms with Crippen LogP contribution in [-0.4, -0.2) is 42.9 Å². The second kappa shape index (κ2) is 8.33. The van der Waals surface area contributed by atoms with E-state index in [9.17, 15) is 14.4 Å². The maximum absolute atomic E-state index is 12.0. The number of carbonyl (C=O) groups excluding carboxylic acids is 3. The molecule has 0 fully saturated rings. The minimum atomic E-state index is -0.906. The average molecular weight is 303 g/mol. The number of rotatable bonds is 6. The van der Waals surface area contributed by atoms with Crippen LogP contribution in [0.15, 0.2) is 0 Å². The van der Waals surface area contributed by atoms with Gasteiger partial charge < -0.3 is 25.8 Å². The molecule has 0 bridgehead atoms. The van der Waals surface area contributed by atoms with Crippen molar-refractivity contribution in [2.45, 2.75) is 46.3 Å². The summed E-state index contributed by atoms with van der Waals surface area (Å²) in [4.78, 5) is 34.1.